The maximum atomic E-state index is 13.5. The number of anilines is 1. The van der Waals surface area contributed by atoms with E-state index in [0.29, 0.717) is 0 Å². The largest absolute Gasteiger partial charge is 0.530 e. The van der Waals surface area contributed by atoms with Crippen LogP contribution in [-0.4, -0.2) is 23.2 Å². The number of halogens is 3. The molecule has 0 saturated heterocycles. The predicted octanol–water partition coefficient (Wildman–Crippen LogP) is 1.59. The van der Waals surface area contributed by atoms with Crippen molar-refractivity contribution in [1.82, 2.24) is 0 Å². The van der Waals surface area contributed by atoms with Gasteiger partial charge in [-0.25, -0.2) is 0 Å². The number of rotatable bonds is 3. The summed E-state index contributed by atoms with van der Waals surface area (Å²) in [5, 5.41) is 22.8. The van der Waals surface area contributed by atoms with Gasteiger partial charge < -0.3 is 20.3 Å². The molecular formula is C15H15F3NO4-. The average Bonchev–Trinajstić information content (AvgIpc) is 2.70. The molecular weight excluding hydrogens is 315 g/mol. The van der Waals surface area contributed by atoms with E-state index in [1.54, 1.807) is 0 Å². The number of hydrogen-bond donors (Lipinski definition) is 2. The van der Waals surface area contributed by atoms with Crippen LogP contribution in [-0.2, 0) is 16.8 Å². The van der Waals surface area contributed by atoms with Gasteiger partial charge in [0.2, 0.25) is 0 Å². The molecule has 0 fully saturated rings. The smallest absolute Gasteiger partial charge is 0.422 e. The summed E-state index contributed by atoms with van der Waals surface area (Å²) in [6.45, 7) is 2.93. The van der Waals surface area contributed by atoms with Crippen molar-refractivity contribution in [3.05, 3.63) is 29.3 Å². The summed E-state index contributed by atoms with van der Waals surface area (Å²) in [5.74, 6) is -3.03. The molecule has 5 nitrogen and oxygen atoms in total. The lowest BCUT2D eigenvalue weighted by molar-refractivity contribution is -0.279. The van der Waals surface area contributed by atoms with Crippen LogP contribution in [0.2, 0.25) is 0 Å². The fraction of sp³-hybridized carbons (Fsp3) is 0.467. The van der Waals surface area contributed by atoms with E-state index in [0.717, 1.165) is 12.1 Å². The monoisotopic (exact) mass is 330 g/mol. The van der Waals surface area contributed by atoms with E-state index >= 15 is 0 Å². The van der Waals surface area contributed by atoms with Crippen LogP contribution in [0, 0.1) is 11.8 Å². The highest BCUT2D eigenvalue weighted by Gasteiger charge is 2.65. The van der Waals surface area contributed by atoms with Gasteiger partial charge in [0.15, 0.2) is 5.60 Å². The third-order valence-corrected chi connectivity index (χ3v) is 4.04. The highest BCUT2D eigenvalue weighted by atomic mass is 19.4. The average molecular weight is 330 g/mol. The summed E-state index contributed by atoms with van der Waals surface area (Å²) in [7, 11) is 0. The maximum absolute atomic E-state index is 13.5. The molecule has 126 valence electrons. The zero-order valence-electron chi connectivity index (χ0n) is 12.4. The van der Waals surface area contributed by atoms with Crippen LogP contribution in [0.1, 0.15) is 25.0 Å². The van der Waals surface area contributed by atoms with E-state index in [4.69, 9.17) is 0 Å². The highest BCUT2D eigenvalue weighted by molar-refractivity contribution is 5.86. The van der Waals surface area contributed by atoms with E-state index in [1.165, 1.54) is 19.9 Å². The van der Waals surface area contributed by atoms with Crippen LogP contribution >= 0.6 is 0 Å². The summed E-state index contributed by atoms with van der Waals surface area (Å²) in [4.78, 5) is 22.7. The van der Waals surface area contributed by atoms with Crippen molar-refractivity contribution in [2.45, 2.75) is 32.0 Å². The Bertz CT molecular complexity index is 657. The Morgan fingerprint density at radius 3 is 2.48 bits per heavy atom. The molecule has 2 N–H and O–H groups in total. The molecule has 0 spiro atoms. The Hall–Kier alpha value is -2.09. The maximum Gasteiger partial charge on any atom is 0.422 e. The second-order valence-corrected chi connectivity index (χ2v) is 5.86. The first-order chi connectivity index (χ1) is 10.5. The Morgan fingerprint density at radius 2 is 2.00 bits per heavy atom. The van der Waals surface area contributed by atoms with Crippen LogP contribution < -0.4 is 10.4 Å². The molecule has 0 saturated carbocycles. The fourth-order valence-corrected chi connectivity index (χ4v) is 2.94. The Morgan fingerprint density at radius 1 is 1.39 bits per heavy atom. The minimum absolute atomic E-state index is 0.0194. The lowest BCUT2D eigenvalue weighted by Crippen LogP contribution is -2.49. The van der Waals surface area contributed by atoms with Gasteiger partial charge in [-0.05, 0) is 29.7 Å². The second kappa shape index (κ2) is 5.52. The molecule has 2 atom stereocenters. The zero-order chi connectivity index (χ0) is 17.6. The second-order valence-electron chi connectivity index (χ2n) is 5.86. The zero-order valence-corrected chi connectivity index (χ0v) is 12.4. The number of amides is 1. The van der Waals surface area contributed by atoms with Crippen molar-refractivity contribution in [3.63, 3.8) is 0 Å². The molecule has 23 heavy (non-hydrogen) atoms. The number of carbonyl (C=O) groups is 2. The first-order valence-electron chi connectivity index (χ1n) is 6.92. The topological polar surface area (TPSA) is 89.5 Å². The number of carboxylic acid groups (broad SMARTS) is 1. The molecule has 1 aliphatic rings. The third kappa shape index (κ3) is 2.78. The van der Waals surface area contributed by atoms with Crippen LogP contribution in [0.4, 0.5) is 23.7 Å². The number of benzene rings is 1. The molecule has 0 radical (unpaired) electrons. The van der Waals surface area contributed by atoms with Gasteiger partial charge >= 0.3 is 6.18 Å². The molecule has 1 aromatic rings. The van der Waals surface area contributed by atoms with Gasteiger partial charge in [-0.2, -0.15) is 13.2 Å². The van der Waals surface area contributed by atoms with E-state index in [1.807, 2.05) is 5.32 Å². The van der Waals surface area contributed by atoms with Crippen LogP contribution in [0.3, 0.4) is 0 Å². The van der Waals surface area contributed by atoms with Crippen LogP contribution in [0.25, 0.3) is 0 Å². The van der Waals surface area contributed by atoms with Crippen molar-refractivity contribution < 1.29 is 33.0 Å². The van der Waals surface area contributed by atoms with Crippen molar-refractivity contribution in [2.75, 3.05) is 5.32 Å². The number of fused-ring (bicyclic) bond motifs is 1. The standard InChI is InChI=1S/C15H16F3NO4/c1-7(2)12(20)11-6-8-5-9(19-13(21)22)3-4-10(8)14(11,23)15(16,17)18/h3-5,7,11,19,23H,6H2,1-2H3,(H,21,22)/p-1/t11?,14-/m0/s1. The van der Waals surface area contributed by atoms with Gasteiger partial charge in [-0.3, -0.25) is 4.79 Å². The third-order valence-electron chi connectivity index (χ3n) is 4.04. The quantitative estimate of drug-likeness (QED) is 0.881. The van der Waals surface area contributed by atoms with Crippen molar-refractivity contribution >= 4 is 17.6 Å². The molecule has 1 aromatic carbocycles. The molecule has 1 amide bonds. The lowest BCUT2D eigenvalue weighted by Gasteiger charge is -2.33. The lowest BCUT2D eigenvalue weighted by atomic mass is 9.80. The van der Waals surface area contributed by atoms with Crippen molar-refractivity contribution in [3.8, 4) is 0 Å². The van der Waals surface area contributed by atoms with Gasteiger partial charge in [0.1, 0.15) is 11.9 Å². The summed E-state index contributed by atoms with van der Waals surface area (Å²) >= 11 is 0. The molecule has 0 bridgehead atoms. The van der Waals surface area contributed by atoms with Gasteiger partial charge in [-0.1, -0.05) is 19.9 Å². The van der Waals surface area contributed by atoms with E-state index in [9.17, 15) is 33.0 Å². The van der Waals surface area contributed by atoms with E-state index < -0.39 is 41.1 Å². The van der Waals surface area contributed by atoms with Crippen molar-refractivity contribution in [2.24, 2.45) is 11.8 Å². The molecule has 0 aliphatic heterocycles. The highest BCUT2D eigenvalue weighted by Crippen LogP contribution is 2.52. The first-order valence-corrected chi connectivity index (χ1v) is 6.92. The first kappa shape index (κ1) is 17.3. The normalized spacial score (nSPS) is 23.7. The molecule has 1 unspecified atom stereocenters. The number of hydrogen-bond acceptors (Lipinski definition) is 4. The number of aliphatic hydroxyl groups is 1. The number of Topliss-reactive ketones (excluding diaryl/α,β-unsaturated/α-hetero) is 1. The van der Waals surface area contributed by atoms with Gasteiger partial charge in [0, 0.05) is 11.6 Å². The Kier molecular flexibility index (Phi) is 4.14. The SMILES string of the molecule is CC(C)C(=O)C1Cc2cc(NC(=O)[O-])ccc2[C@@]1(O)C(F)(F)F. The number of nitrogens with one attached hydrogen (secondary N) is 1. The molecule has 1 aliphatic carbocycles. The Balaban J connectivity index is 2.54. The molecule has 2 rings (SSSR count). The van der Waals surface area contributed by atoms with Crippen LogP contribution in [0.15, 0.2) is 18.2 Å². The molecule has 0 heterocycles. The van der Waals surface area contributed by atoms with Gasteiger partial charge in [-0.15, -0.1) is 0 Å². The summed E-state index contributed by atoms with van der Waals surface area (Å²) in [6.07, 6.45) is -6.95. The predicted molar refractivity (Wildman–Crippen MR) is 72.5 cm³/mol. The number of alkyl halides is 3. The van der Waals surface area contributed by atoms with Crippen LogP contribution in [0.5, 0.6) is 0 Å². The molecule has 0 aromatic heterocycles. The summed E-state index contributed by atoms with van der Waals surface area (Å²) in [5.41, 5.74) is -3.60. The van der Waals surface area contributed by atoms with Gasteiger partial charge in [0.25, 0.3) is 0 Å². The summed E-state index contributed by atoms with van der Waals surface area (Å²) < 4.78 is 40.5. The minimum Gasteiger partial charge on any atom is -0.530 e. The van der Waals surface area contributed by atoms with E-state index in [-0.39, 0.29) is 17.7 Å². The van der Waals surface area contributed by atoms with Crippen molar-refractivity contribution in [1.29, 1.82) is 0 Å². The fourth-order valence-electron chi connectivity index (χ4n) is 2.94. The number of ketones is 1. The number of carbonyl (C=O) groups excluding carboxylic acids is 2. The van der Waals surface area contributed by atoms with E-state index in [2.05, 4.69) is 0 Å². The van der Waals surface area contributed by atoms with Gasteiger partial charge in [0.05, 0.1) is 5.92 Å². The minimum atomic E-state index is -5.03. The summed E-state index contributed by atoms with van der Waals surface area (Å²) in [6, 6.07) is 3.25. The molecule has 8 heteroatoms. The Labute approximate surface area is 130 Å².